The molecule has 0 aromatic heterocycles. The first kappa shape index (κ1) is 12.0. The number of hydrogen-bond acceptors (Lipinski definition) is 2. The number of nitrogen functional groups attached to an aromatic ring is 1. The first-order valence-electron chi connectivity index (χ1n) is 6.14. The lowest BCUT2D eigenvalue weighted by Crippen LogP contribution is -2.38. The SMILES string of the molecule is Cc1cc(N2CCCC2(C)C)ccc1C(=N)N. The van der Waals surface area contributed by atoms with Crippen LogP contribution in [0.3, 0.4) is 0 Å². The number of rotatable bonds is 2. The second-order valence-electron chi connectivity index (χ2n) is 5.48. The minimum atomic E-state index is 0.148. The zero-order valence-corrected chi connectivity index (χ0v) is 10.9. The Balaban J connectivity index is 2.35. The van der Waals surface area contributed by atoms with Gasteiger partial charge in [0.15, 0.2) is 0 Å². The molecule has 0 amide bonds. The molecule has 0 saturated carbocycles. The van der Waals surface area contributed by atoms with Gasteiger partial charge in [-0.15, -0.1) is 0 Å². The van der Waals surface area contributed by atoms with Gasteiger partial charge in [-0.3, -0.25) is 5.41 Å². The Kier molecular flexibility index (Phi) is 2.86. The van der Waals surface area contributed by atoms with Crippen molar-refractivity contribution in [3.63, 3.8) is 0 Å². The average Bonchev–Trinajstić information content (AvgIpc) is 2.57. The van der Waals surface area contributed by atoms with Gasteiger partial charge in [-0.2, -0.15) is 0 Å². The van der Waals surface area contributed by atoms with Crippen molar-refractivity contribution >= 4 is 11.5 Å². The number of nitrogens with zero attached hydrogens (tertiary/aromatic N) is 1. The molecule has 0 unspecified atom stereocenters. The fraction of sp³-hybridized carbons (Fsp3) is 0.500. The van der Waals surface area contributed by atoms with Crippen molar-refractivity contribution in [1.82, 2.24) is 0 Å². The van der Waals surface area contributed by atoms with Crippen molar-refractivity contribution < 1.29 is 0 Å². The Morgan fingerprint density at radius 1 is 1.41 bits per heavy atom. The summed E-state index contributed by atoms with van der Waals surface area (Å²) in [6.45, 7) is 7.71. The van der Waals surface area contributed by atoms with Crippen LogP contribution in [0.5, 0.6) is 0 Å². The van der Waals surface area contributed by atoms with E-state index in [0.717, 1.165) is 17.7 Å². The van der Waals surface area contributed by atoms with Crippen molar-refractivity contribution in [2.75, 3.05) is 11.4 Å². The Morgan fingerprint density at radius 2 is 2.12 bits per heavy atom. The van der Waals surface area contributed by atoms with E-state index in [2.05, 4.69) is 30.9 Å². The Bertz CT molecular complexity index is 449. The molecule has 0 radical (unpaired) electrons. The van der Waals surface area contributed by atoms with Gasteiger partial charge in [-0.25, -0.2) is 0 Å². The Labute approximate surface area is 103 Å². The number of aryl methyl sites for hydroxylation is 1. The quantitative estimate of drug-likeness (QED) is 0.607. The predicted octanol–water partition coefficient (Wildman–Crippen LogP) is 2.66. The molecule has 3 nitrogen and oxygen atoms in total. The summed E-state index contributed by atoms with van der Waals surface area (Å²) < 4.78 is 0. The highest BCUT2D eigenvalue weighted by atomic mass is 15.2. The average molecular weight is 231 g/mol. The molecular weight excluding hydrogens is 210 g/mol. The minimum absolute atomic E-state index is 0.148. The highest BCUT2D eigenvalue weighted by Crippen LogP contribution is 2.34. The largest absolute Gasteiger partial charge is 0.384 e. The van der Waals surface area contributed by atoms with Crippen LogP contribution in [0, 0.1) is 12.3 Å². The number of benzene rings is 1. The van der Waals surface area contributed by atoms with Gasteiger partial charge in [0.05, 0.1) is 0 Å². The monoisotopic (exact) mass is 231 g/mol. The molecule has 1 aliphatic heterocycles. The number of anilines is 1. The lowest BCUT2D eigenvalue weighted by molar-refractivity contribution is 0.518. The maximum absolute atomic E-state index is 7.50. The van der Waals surface area contributed by atoms with Crippen LogP contribution >= 0.6 is 0 Å². The third-order valence-corrected chi connectivity index (χ3v) is 3.71. The van der Waals surface area contributed by atoms with Crippen LogP contribution in [0.2, 0.25) is 0 Å². The van der Waals surface area contributed by atoms with Crippen LogP contribution in [0.15, 0.2) is 18.2 Å². The van der Waals surface area contributed by atoms with Crippen molar-refractivity contribution in [2.24, 2.45) is 5.73 Å². The molecular formula is C14H21N3. The van der Waals surface area contributed by atoms with Crippen LogP contribution in [0.4, 0.5) is 5.69 Å². The zero-order chi connectivity index (χ0) is 12.6. The first-order chi connectivity index (χ1) is 7.92. The fourth-order valence-corrected chi connectivity index (χ4v) is 2.70. The van der Waals surface area contributed by atoms with Gasteiger partial charge in [0.2, 0.25) is 0 Å². The molecule has 1 fully saturated rings. The summed E-state index contributed by atoms with van der Waals surface area (Å²) >= 11 is 0. The Hall–Kier alpha value is -1.51. The molecule has 2 rings (SSSR count). The van der Waals surface area contributed by atoms with Crippen LogP contribution < -0.4 is 10.6 Å². The smallest absolute Gasteiger partial charge is 0.123 e. The van der Waals surface area contributed by atoms with Crippen molar-refractivity contribution in [3.05, 3.63) is 29.3 Å². The van der Waals surface area contributed by atoms with E-state index in [1.807, 2.05) is 13.0 Å². The molecule has 3 N–H and O–H groups in total. The van der Waals surface area contributed by atoms with E-state index < -0.39 is 0 Å². The van der Waals surface area contributed by atoms with Crippen LogP contribution in [-0.2, 0) is 0 Å². The normalized spacial score (nSPS) is 18.4. The number of amidine groups is 1. The van der Waals surface area contributed by atoms with Crippen LogP contribution in [0.1, 0.15) is 37.8 Å². The van der Waals surface area contributed by atoms with E-state index in [9.17, 15) is 0 Å². The highest BCUT2D eigenvalue weighted by molar-refractivity contribution is 5.96. The third-order valence-electron chi connectivity index (χ3n) is 3.71. The molecule has 1 aliphatic rings. The lowest BCUT2D eigenvalue weighted by atomic mass is 10.0. The maximum Gasteiger partial charge on any atom is 0.123 e. The van der Waals surface area contributed by atoms with Crippen molar-refractivity contribution in [1.29, 1.82) is 5.41 Å². The third kappa shape index (κ3) is 2.14. The van der Waals surface area contributed by atoms with Crippen molar-refractivity contribution in [3.8, 4) is 0 Å². The van der Waals surface area contributed by atoms with E-state index in [-0.39, 0.29) is 11.4 Å². The molecule has 0 bridgehead atoms. The van der Waals surface area contributed by atoms with Gasteiger partial charge in [0.25, 0.3) is 0 Å². The summed E-state index contributed by atoms with van der Waals surface area (Å²) in [6, 6.07) is 6.18. The summed E-state index contributed by atoms with van der Waals surface area (Å²) in [6.07, 6.45) is 2.49. The summed E-state index contributed by atoms with van der Waals surface area (Å²) in [7, 11) is 0. The highest BCUT2D eigenvalue weighted by Gasteiger charge is 2.31. The number of nitrogens with one attached hydrogen (secondary N) is 1. The second kappa shape index (κ2) is 4.06. The molecule has 1 heterocycles. The molecule has 0 spiro atoms. The van der Waals surface area contributed by atoms with Crippen LogP contribution in [0.25, 0.3) is 0 Å². The summed E-state index contributed by atoms with van der Waals surface area (Å²) in [4.78, 5) is 2.45. The molecule has 3 heteroatoms. The van der Waals surface area contributed by atoms with E-state index in [1.54, 1.807) is 0 Å². The molecule has 1 aromatic carbocycles. The van der Waals surface area contributed by atoms with E-state index >= 15 is 0 Å². The summed E-state index contributed by atoms with van der Waals surface area (Å²) in [5.41, 5.74) is 8.95. The molecule has 0 aliphatic carbocycles. The topological polar surface area (TPSA) is 53.1 Å². The minimum Gasteiger partial charge on any atom is -0.384 e. The number of nitrogens with two attached hydrogens (primary N) is 1. The molecule has 17 heavy (non-hydrogen) atoms. The fourth-order valence-electron chi connectivity index (χ4n) is 2.70. The van der Waals surface area contributed by atoms with E-state index in [4.69, 9.17) is 11.1 Å². The maximum atomic E-state index is 7.50. The van der Waals surface area contributed by atoms with Gasteiger partial charge in [-0.05, 0) is 57.4 Å². The van der Waals surface area contributed by atoms with Gasteiger partial charge in [0.1, 0.15) is 5.84 Å². The summed E-state index contributed by atoms with van der Waals surface area (Å²) in [5.74, 6) is 0.148. The summed E-state index contributed by atoms with van der Waals surface area (Å²) in [5, 5.41) is 7.50. The van der Waals surface area contributed by atoms with Gasteiger partial charge in [-0.1, -0.05) is 0 Å². The van der Waals surface area contributed by atoms with E-state index in [0.29, 0.717) is 0 Å². The van der Waals surface area contributed by atoms with Gasteiger partial charge >= 0.3 is 0 Å². The lowest BCUT2D eigenvalue weighted by Gasteiger charge is -2.34. The Morgan fingerprint density at radius 3 is 2.59 bits per heavy atom. The van der Waals surface area contributed by atoms with Gasteiger partial charge < -0.3 is 10.6 Å². The molecule has 1 aromatic rings. The zero-order valence-electron chi connectivity index (χ0n) is 10.9. The van der Waals surface area contributed by atoms with E-state index in [1.165, 1.54) is 18.5 Å². The molecule has 92 valence electrons. The number of hydrogen-bond donors (Lipinski definition) is 2. The molecule has 1 saturated heterocycles. The standard InChI is InChI=1S/C14H21N3/c1-10-9-11(5-6-12(10)13(15)16)17-8-4-7-14(17,2)3/h5-6,9H,4,7-8H2,1-3H3,(H3,15,16). The second-order valence-corrected chi connectivity index (χ2v) is 5.48. The van der Waals surface area contributed by atoms with Crippen LogP contribution in [-0.4, -0.2) is 17.9 Å². The molecule has 0 atom stereocenters. The van der Waals surface area contributed by atoms with Gasteiger partial charge in [0, 0.05) is 23.3 Å². The predicted molar refractivity (Wildman–Crippen MR) is 72.9 cm³/mol. The first-order valence-corrected chi connectivity index (χ1v) is 6.14. The van der Waals surface area contributed by atoms with Crippen molar-refractivity contribution in [2.45, 2.75) is 39.2 Å².